The van der Waals surface area contributed by atoms with E-state index in [4.69, 9.17) is 41.9 Å². The normalized spacial score (nSPS) is 46.4. The lowest BCUT2D eigenvalue weighted by Gasteiger charge is -2.42. The molecule has 2 heterocycles. The number of aliphatic hydroxyl groups is 6. The molecule has 1 aliphatic carbocycles. The molecule has 36 heavy (non-hydrogen) atoms. The predicted molar refractivity (Wildman–Crippen MR) is 119 cm³/mol. The topological polar surface area (TPSA) is 291 Å². The van der Waals surface area contributed by atoms with E-state index < -0.39 is 98.2 Å². The summed E-state index contributed by atoms with van der Waals surface area (Å²) < 4.78 is 22.7. The summed E-state index contributed by atoms with van der Waals surface area (Å²) in [4.78, 5) is 12.0. The summed E-state index contributed by atoms with van der Waals surface area (Å²) in [5.41, 5.74) is 22.8. The maximum atomic E-state index is 12.0. The number of nitrogens with one attached hydrogen (secondary N) is 1. The number of nitrogens with two attached hydrogens (primary N) is 4. The van der Waals surface area contributed by atoms with Gasteiger partial charge in [0.05, 0.1) is 24.8 Å². The maximum Gasteiger partial charge on any atom is 0.250 e. The second kappa shape index (κ2) is 12.6. The van der Waals surface area contributed by atoms with Gasteiger partial charge in [-0.15, -0.1) is 0 Å². The fraction of sp³-hybridized carbons (Fsp3) is 0.950. The molecule has 16 nitrogen and oxygen atoms in total. The van der Waals surface area contributed by atoms with Crippen molar-refractivity contribution in [1.82, 2.24) is 5.32 Å². The van der Waals surface area contributed by atoms with Crippen LogP contribution >= 0.6 is 0 Å². The Hall–Kier alpha value is -1.09. The van der Waals surface area contributed by atoms with Gasteiger partial charge in [0.25, 0.3) is 0 Å². The Morgan fingerprint density at radius 1 is 0.944 bits per heavy atom. The smallest absolute Gasteiger partial charge is 0.250 e. The van der Waals surface area contributed by atoms with Crippen LogP contribution in [0, 0.1) is 0 Å². The summed E-state index contributed by atoms with van der Waals surface area (Å²) in [6.07, 6.45) is -13.5. The fourth-order valence-electron chi connectivity index (χ4n) is 4.65. The lowest BCUT2D eigenvalue weighted by molar-refractivity contribution is -0.280. The first-order valence-electron chi connectivity index (χ1n) is 11.9. The molecule has 1 amide bonds. The Morgan fingerprint density at radius 2 is 1.61 bits per heavy atom. The van der Waals surface area contributed by atoms with E-state index in [9.17, 15) is 35.4 Å². The maximum absolute atomic E-state index is 12.0. The van der Waals surface area contributed by atoms with Gasteiger partial charge in [0, 0.05) is 19.1 Å². The molecule has 0 spiro atoms. The van der Waals surface area contributed by atoms with Gasteiger partial charge in [0.1, 0.15) is 48.8 Å². The zero-order valence-electron chi connectivity index (χ0n) is 19.7. The van der Waals surface area contributed by atoms with Gasteiger partial charge < -0.3 is 77.8 Å². The Bertz CT molecular complexity index is 724. The van der Waals surface area contributed by atoms with Crippen LogP contribution in [0.25, 0.3) is 0 Å². The quantitative estimate of drug-likeness (QED) is 0.133. The Morgan fingerprint density at radius 3 is 2.22 bits per heavy atom. The summed E-state index contributed by atoms with van der Waals surface area (Å²) in [6.45, 7) is -1.02. The molecule has 16 heteroatoms. The van der Waals surface area contributed by atoms with Crippen molar-refractivity contribution in [2.75, 3.05) is 19.7 Å². The summed E-state index contributed by atoms with van der Waals surface area (Å²) in [5, 5.41) is 63.7. The monoisotopic (exact) mass is 525 g/mol. The molecule has 1 saturated carbocycles. The molecule has 0 bridgehead atoms. The number of ether oxygens (including phenoxy) is 4. The molecule has 0 aromatic rings. The van der Waals surface area contributed by atoms with Gasteiger partial charge in [-0.3, -0.25) is 4.79 Å². The van der Waals surface area contributed by atoms with Crippen molar-refractivity contribution in [3.63, 3.8) is 0 Å². The summed E-state index contributed by atoms with van der Waals surface area (Å²) >= 11 is 0. The van der Waals surface area contributed by atoms with Crippen LogP contribution in [-0.2, 0) is 23.7 Å². The minimum absolute atomic E-state index is 0.135. The Kier molecular flexibility index (Phi) is 10.3. The first-order valence-corrected chi connectivity index (χ1v) is 11.9. The van der Waals surface area contributed by atoms with Crippen LogP contribution in [0.15, 0.2) is 0 Å². The van der Waals surface area contributed by atoms with Crippen LogP contribution in [0.4, 0.5) is 0 Å². The third kappa shape index (κ3) is 6.30. The molecule has 2 saturated heterocycles. The average Bonchev–Trinajstić information content (AvgIpc) is 3.15. The van der Waals surface area contributed by atoms with Gasteiger partial charge in [-0.2, -0.15) is 0 Å². The molecule has 0 radical (unpaired) electrons. The standard InChI is InChI=1S/C20H39N5O11/c21-3-8(27)18(32)25-7-1-6(23)2-9(13(7)28)33-20-16(31)17(11(5-26)35-20)36-19-12(24)15(30)14(29)10(4-22)34-19/h6-17,19-20,26-31H,1-5,21-24H2,(H,25,32)/t6-,7+,8-,9-,10-,11+,12+,13-,14+,15+,16+,17+,19+,20+/m0/s1. The zero-order valence-corrected chi connectivity index (χ0v) is 19.7. The third-order valence-electron chi connectivity index (χ3n) is 6.79. The predicted octanol–water partition coefficient (Wildman–Crippen LogP) is -7.15. The summed E-state index contributed by atoms with van der Waals surface area (Å²) in [5.74, 6) is -0.771. The van der Waals surface area contributed by atoms with Gasteiger partial charge in [0.2, 0.25) is 5.91 Å². The van der Waals surface area contributed by atoms with E-state index in [0.717, 1.165) is 0 Å². The highest BCUT2D eigenvalue weighted by Gasteiger charge is 2.51. The number of aliphatic hydroxyl groups excluding tert-OH is 6. The number of carbonyl (C=O) groups is 1. The first kappa shape index (κ1) is 29.5. The van der Waals surface area contributed by atoms with Crippen molar-refractivity contribution in [2.45, 2.75) is 98.5 Å². The average molecular weight is 526 g/mol. The van der Waals surface area contributed by atoms with Gasteiger partial charge in [0.15, 0.2) is 12.6 Å². The number of hydrogen-bond donors (Lipinski definition) is 11. The lowest BCUT2D eigenvalue weighted by Crippen LogP contribution is -2.64. The minimum atomic E-state index is -1.49. The van der Waals surface area contributed by atoms with Crippen LogP contribution < -0.4 is 28.3 Å². The lowest BCUT2D eigenvalue weighted by atomic mass is 9.86. The van der Waals surface area contributed by atoms with Crippen LogP contribution in [0.3, 0.4) is 0 Å². The van der Waals surface area contributed by atoms with Crippen molar-refractivity contribution in [3.8, 4) is 0 Å². The van der Waals surface area contributed by atoms with Crippen molar-refractivity contribution >= 4 is 5.91 Å². The van der Waals surface area contributed by atoms with E-state index in [1.165, 1.54) is 0 Å². The number of carbonyl (C=O) groups excluding carboxylic acids is 1. The second-order valence-electron chi connectivity index (χ2n) is 9.42. The number of hydrogen-bond acceptors (Lipinski definition) is 15. The van der Waals surface area contributed by atoms with Gasteiger partial charge >= 0.3 is 0 Å². The summed E-state index contributed by atoms with van der Waals surface area (Å²) in [6, 6.07) is -2.55. The molecular weight excluding hydrogens is 486 g/mol. The number of rotatable bonds is 9. The Balaban J connectivity index is 1.66. The largest absolute Gasteiger partial charge is 0.394 e. The molecule has 0 aromatic carbocycles. The van der Waals surface area contributed by atoms with Crippen molar-refractivity contribution in [3.05, 3.63) is 0 Å². The number of amides is 1. The van der Waals surface area contributed by atoms with E-state index in [-0.39, 0.29) is 25.9 Å². The zero-order chi connectivity index (χ0) is 26.7. The van der Waals surface area contributed by atoms with Crippen LogP contribution in [0.5, 0.6) is 0 Å². The molecular formula is C20H39N5O11. The van der Waals surface area contributed by atoms with Gasteiger partial charge in [-0.1, -0.05) is 0 Å². The second-order valence-corrected chi connectivity index (χ2v) is 9.42. The van der Waals surface area contributed by atoms with E-state index in [1.54, 1.807) is 0 Å². The van der Waals surface area contributed by atoms with Crippen LogP contribution in [0.2, 0.25) is 0 Å². The molecule has 210 valence electrons. The molecule has 3 aliphatic rings. The molecule has 15 N–H and O–H groups in total. The molecule has 14 atom stereocenters. The Labute approximate surface area is 207 Å². The van der Waals surface area contributed by atoms with Crippen LogP contribution in [0.1, 0.15) is 12.8 Å². The highest BCUT2D eigenvalue weighted by Crippen LogP contribution is 2.32. The fourth-order valence-corrected chi connectivity index (χ4v) is 4.65. The van der Waals surface area contributed by atoms with Crippen molar-refractivity contribution < 1.29 is 54.4 Å². The van der Waals surface area contributed by atoms with Crippen molar-refractivity contribution in [1.29, 1.82) is 0 Å². The first-order chi connectivity index (χ1) is 17.0. The molecule has 0 unspecified atom stereocenters. The molecule has 2 aliphatic heterocycles. The van der Waals surface area contributed by atoms with Gasteiger partial charge in [-0.25, -0.2) is 0 Å². The molecule has 3 rings (SSSR count). The highest BCUT2D eigenvalue weighted by atomic mass is 16.7. The molecule has 0 aromatic heterocycles. The van der Waals surface area contributed by atoms with Gasteiger partial charge in [-0.05, 0) is 12.8 Å². The van der Waals surface area contributed by atoms with E-state index in [2.05, 4.69) is 5.32 Å². The molecule has 3 fully saturated rings. The summed E-state index contributed by atoms with van der Waals surface area (Å²) in [7, 11) is 0. The third-order valence-corrected chi connectivity index (χ3v) is 6.79. The SMILES string of the molecule is NC[C@@H]1O[C@H](O[C@H]2[C@@H](O)[C@H](O[C@H]3C[C@@H](N)C[C@@H](NC(=O)[C@@H](O)CN)[C@@H]3O)O[C@@H]2CO)[C@H](N)[C@@H](O)[C@@H]1O. The van der Waals surface area contributed by atoms with Crippen molar-refractivity contribution in [2.24, 2.45) is 22.9 Å². The highest BCUT2D eigenvalue weighted by molar-refractivity contribution is 5.81. The van der Waals surface area contributed by atoms with Crippen LogP contribution in [-0.4, -0.2) is 142 Å². The van der Waals surface area contributed by atoms with E-state index in [1.807, 2.05) is 0 Å². The minimum Gasteiger partial charge on any atom is -0.394 e. The van der Waals surface area contributed by atoms with E-state index in [0.29, 0.717) is 0 Å². The van der Waals surface area contributed by atoms with E-state index >= 15 is 0 Å².